The Balaban J connectivity index is 2.25. The van der Waals surface area contributed by atoms with Crippen LogP contribution in [-0.4, -0.2) is 28.4 Å². The number of hydrogen-bond donors (Lipinski definition) is 2. The zero-order valence-corrected chi connectivity index (χ0v) is 7.36. The Morgan fingerprint density at radius 2 is 1.73 bits per heavy atom. The van der Waals surface area contributed by atoms with Crippen molar-refractivity contribution in [3.05, 3.63) is 0 Å². The lowest BCUT2D eigenvalue weighted by molar-refractivity contribution is 0.229. The van der Waals surface area contributed by atoms with Crippen LogP contribution >= 0.6 is 12.2 Å². The number of rotatable bonds is 1. The van der Waals surface area contributed by atoms with Gasteiger partial charge in [-0.05, 0) is 25.1 Å². The van der Waals surface area contributed by atoms with Gasteiger partial charge in [0.25, 0.3) is 5.17 Å². The monoisotopic (exact) mass is 174 g/mol. The zero-order valence-electron chi connectivity index (χ0n) is 6.55. The molecule has 1 aliphatic heterocycles. The Kier molecular flexibility index (Phi) is 3.59. The van der Waals surface area contributed by atoms with Crippen molar-refractivity contribution >= 4 is 17.4 Å². The molecule has 1 rings (SSSR count). The highest BCUT2D eigenvalue weighted by atomic mass is 32.1. The fourth-order valence-electron chi connectivity index (χ4n) is 1.32. The molecule has 0 bridgehead atoms. The molecule has 0 saturated carbocycles. The Hall–Kier alpha value is -0.350. The van der Waals surface area contributed by atoms with Gasteiger partial charge in [-0.3, -0.25) is 5.43 Å². The van der Waals surface area contributed by atoms with Crippen molar-refractivity contribution in [1.82, 2.24) is 10.4 Å². The van der Waals surface area contributed by atoms with E-state index in [9.17, 15) is 0 Å². The standard InChI is InChI=1S/C7H14N2OS/c10-7(11)8-9-5-3-1-2-4-6-9/h1-6H2,(H2,8,10,11). The molecule has 0 amide bonds. The van der Waals surface area contributed by atoms with E-state index in [1.165, 1.54) is 25.7 Å². The SMILES string of the molecule is OC(=S)NN1CCCCCC1. The first-order valence-electron chi connectivity index (χ1n) is 4.03. The second kappa shape index (κ2) is 4.51. The maximum absolute atomic E-state index is 8.78. The van der Waals surface area contributed by atoms with E-state index >= 15 is 0 Å². The highest BCUT2D eigenvalue weighted by molar-refractivity contribution is 7.79. The molecule has 4 heteroatoms. The number of aliphatic hydroxyl groups excluding tert-OH is 1. The van der Waals surface area contributed by atoms with Crippen molar-refractivity contribution in [3.63, 3.8) is 0 Å². The number of thiocarbonyl (C=S) groups is 1. The van der Waals surface area contributed by atoms with E-state index in [0.717, 1.165) is 13.1 Å². The lowest BCUT2D eigenvalue weighted by atomic mass is 10.2. The van der Waals surface area contributed by atoms with Gasteiger partial charge in [-0.15, -0.1) is 0 Å². The second-order valence-electron chi connectivity index (χ2n) is 2.82. The smallest absolute Gasteiger partial charge is 0.269 e. The molecule has 0 aromatic rings. The van der Waals surface area contributed by atoms with E-state index in [1.807, 2.05) is 5.01 Å². The van der Waals surface area contributed by atoms with E-state index in [1.54, 1.807) is 0 Å². The lowest BCUT2D eigenvalue weighted by Gasteiger charge is -2.19. The van der Waals surface area contributed by atoms with Gasteiger partial charge in [-0.1, -0.05) is 12.8 Å². The first-order valence-corrected chi connectivity index (χ1v) is 4.44. The Labute approximate surface area is 72.4 Å². The van der Waals surface area contributed by atoms with Crippen LogP contribution in [0.25, 0.3) is 0 Å². The molecule has 1 fully saturated rings. The molecule has 2 N–H and O–H groups in total. The fourth-order valence-corrected chi connectivity index (χ4v) is 1.45. The third-order valence-electron chi connectivity index (χ3n) is 1.86. The molecule has 0 atom stereocenters. The Bertz CT molecular complexity index is 132. The molecule has 0 radical (unpaired) electrons. The largest absolute Gasteiger partial charge is 0.486 e. The summed E-state index contributed by atoms with van der Waals surface area (Å²) in [6.45, 7) is 1.97. The van der Waals surface area contributed by atoms with Crippen LogP contribution in [0.1, 0.15) is 25.7 Å². The minimum absolute atomic E-state index is 0.119. The van der Waals surface area contributed by atoms with Crippen molar-refractivity contribution < 1.29 is 5.11 Å². The topological polar surface area (TPSA) is 35.5 Å². The van der Waals surface area contributed by atoms with Crippen LogP contribution < -0.4 is 5.43 Å². The van der Waals surface area contributed by atoms with E-state index < -0.39 is 0 Å². The van der Waals surface area contributed by atoms with Gasteiger partial charge in [0.15, 0.2) is 0 Å². The average Bonchev–Trinajstić information content (AvgIpc) is 2.14. The summed E-state index contributed by atoms with van der Waals surface area (Å²) in [4.78, 5) is 0. The van der Waals surface area contributed by atoms with Gasteiger partial charge < -0.3 is 5.11 Å². The first-order chi connectivity index (χ1) is 5.29. The van der Waals surface area contributed by atoms with Gasteiger partial charge in [-0.25, -0.2) is 5.01 Å². The summed E-state index contributed by atoms with van der Waals surface area (Å²) in [5, 5.41) is 10.6. The second-order valence-corrected chi connectivity index (χ2v) is 3.20. The van der Waals surface area contributed by atoms with Crippen LogP contribution in [0.15, 0.2) is 0 Å². The van der Waals surface area contributed by atoms with Crippen molar-refractivity contribution in [2.24, 2.45) is 0 Å². The van der Waals surface area contributed by atoms with Gasteiger partial charge in [0.1, 0.15) is 0 Å². The number of nitrogens with zero attached hydrogens (tertiary/aromatic N) is 1. The van der Waals surface area contributed by atoms with Crippen LogP contribution in [0, 0.1) is 0 Å². The molecule has 1 aliphatic rings. The van der Waals surface area contributed by atoms with Gasteiger partial charge in [0, 0.05) is 13.1 Å². The fraction of sp³-hybridized carbons (Fsp3) is 0.857. The summed E-state index contributed by atoms with van der Waals surface area (Å²) in [7, 11) is 0. The summed E-state index contributed by atoms with van der Waals surface area (Å²) in [5.41, 5.74) is 2.74. The van der Waals surface area contributed by atoms with Crippen molar-refractivity contribution in [1.29, 1.82) is 0 Å². The molecule has 1 saturated heterocycles. The van der Waals surface area contributed by atoms with Crippen LogP contribution in [-0.2, 0) is 0 Å². The van der Waals surface area contributed by atoms with Crippen LogP contribution in [0.4, 0.5) is 0 Å². The quantitative estimate of drug-likeness (QED) is 0.586. The minimum Gasteiger partial charge on any atom is -0.486 e. The number of hydrazine groups is 1. The molecule has 3 nitrogen and oxygen atoms in total. The molecular formula is C7H14N2OS. The molecule has 1 heterocycles. The summed E-state index contributed by atoms with van der Waals surface area (Å²) < 4.78 is 0. The van der Waals surface area contributed by atoms with Crippen molar-refractivity contribution in [3.8, 4) is 0 Å². The number of nitrogens with one attached hydrogen (secondary N) is 1. The van der Waals surface area contributed by atoms with Gasteiger partial charge in [-0.2, -0.15) is 0 Å². The van der Waals surface area contributed by atoms with Crippen LogP contribution in [0.3, 0.4) is 0 Å². The van der Waals surface area contributed by atoms with Gasteiger partial charge >= 0.3 is 0 Å². The maximum atomic E-state index is 8.78. The van der Waals surface area contributed by atoms with E-state index in [0.29, 0.717) is 0 Å². The molecule has 11 heavy (non-hydrogen) atoms. The summed E-state index contributed by atoms with van der Waals surface area (Å²) in [6, 6.07) is 0. The van der Waals surface area contributed by atoms with Crippen LogP contribution in [0.5, 0.6) is 0 Å². The molecular weight excluding hydrogens is 160 g/mol. The van der Waals surface area contributed by atoms with E-state index in [-0.39, 0.29) is 5.17 Å². The number of hydrogen-bond acceptors (Lipinski definition) is 2. The van der Waals surface area contributed by atoms with Crippen LogP contribution in [0.2, 0.25) is 0 Å². The predicted molar refractivity (Wildman–Crippen MR) is 48.4 cm³/mol. The highest BCUT2D eigenvalue weighted by Crippen LogP contribution is 2.07. The normalized spacial score (nSPS) is 20.7. The predicted octanol–water partition coefficient (Wildman–Crippen LogP) is 1.21. The first kappa shape index (κ1) is 8.74. The Morgan fingerprint density at radius 1 is 1.18 bits per heavy atom. The molecule has 0 unspecified atom stereocenters. The van der Waals surface area contributed by atoms with Crippen molar-refractivity contribution in [2.75, 3.05) is 13.1 Å². The molecule has 0 aromatic heterocycles. The Morgan fingerprint density at radius 3 is 2.18 bits per heavy atom. The van der Waals surface area contributed by atoms with Crippen molar-refractivity contribution in [2.45, 2.75) is 25.7 Å². The summed E-state index contributed by atoms with van der Waals surface area (Å²) >= 11 is 4.52. The van der Waals surface area contributed by atoms with Gasteiger partial charge in [0.2, 0.25) is 0 Å². The highest BCUT2D eigenvalue weighted by Gasteiger charge is 2.08. The lowest BCUT2D eigenvalue weighted by Crippen LogP contribution is -2.41. The minimum atomic E-state index is -0.119. The van der Waals surface area contributed by atoms with E-state index in [4.69, 9.17) is 5.11 Å². The molecule has 0 aliphatic carbocycles. The third-order valence-corrected chi connectivity index (χ3v) is 1.95. The third kappa shape index (κ3) is 3.53. The average molecular weight is 174 g/mol. The molecule has 0 spiro atoms. The van der Waals surface area contributed by atoms with Gasteiger partial charge in [0.05, 0.1) is 0 Å². The molecule has 0 aromatic carbocycles. The van der Waals surface area contributed by atoms with E-state index in [2.05, 4.69) is 17.6 Å². The molecule has 64 valence electrons. The maximum Gasteiger partial charge on any atom is 0.269 e. The summed E-state index contributed by atoms with van der Waals surface area (Å²) in [5.74, 6) is 0. The number of aliphatic hydroxyl groups is 1. The zero-order chi connectivity index (χ0) is 8.10. The summed E-state index contributed by atoms with van der Waals surface area (Å²) in [6.07, 6.45) is 4.96.